The molecule has 0 spiro atoms. The van der Waals surface area contributed by atoms with E-state index in [1.54, 1.807) is 11.6 Å². The third-order valence-electron chi connectivity index (χ3n) is 2.49. The summed E-state index contributed by atoms with van der Waals surface area (Å²) in [6.07, 6.45) is 0. The van der Waals surface area contributed by atoms with Gasteiger partial charge in [0.1, 0.15) is 11.3 Å². The van der Waals surface area contributed by atoms with Crippen LogP contribution in [0.2, 0.25) is 0 Å². The second-order valence-electron chi connectivity index (χ2n) is 3.74. The van der Waals surface area contributed by atoms with E-state index in [2.05, 4.69) is 15.5 Å². The molecule has 0 saturated carbocycles. The van der Waals surface area contributed by atoms with E-state index < -0.39 is 0 Å². The number of hydrogen-bond donors (Lipinski definition) is 1. The Morgan fingerprint density at radius 1 is 1.50 bits per heavy atom. The lowest BCUT2D eigenvalue weighted by Crippen LogP contribution is -2.19. The SMILES string of the molecule is CCNC(C)c1c(F)cccc1Sc1nncs1. The van der Waals surface area contributed by atoms with Crippen molar-refractivity contribution in [3.8, 4) is 0 Å². The molecule has 18 heavy (non-hydrogen) atoms. The molecule has 1 aromatic carbocycles. The number of halogens is 1. The van der Waals surface area contributed by atoms with Crippen LogP contribution in [0.3, 0.4) is 0 Å². The van der Waals surface area contributed by atoms with Crippen LogP contribution in [0.25, 0.3) is 0 Å². The highest BCUT2D eigenvalue weighted by Crippen LogP contribution is 2.35. The molecule has 2 rings (SSSR count). The van der Waals surface area contributed by atoms with Gasteiger partial charge in [-0.3, -0.25) is 0 Å². The largest absolute Gasteiger partial charge is 0.310 e. The van der Waals surface area contributed by atoms with Crippen molar-refractivity contribution in [3.05, 3.63) is 35.1 Å². The van der Waals surface area contributed by atoms with Gasteiger partial charge in [0.2, 0.25) is 0 Å². The maximum absolute atomic E-state index is 14.0. The van der Waals surface area contributed by atoms with Crippen LogP contribution < -0.4 is 5.32 Å². The van der Waals surface area contributed by atoms with Crippen LogP contribution in [0.1, 0.15) is 25.5 Å². The molecule has 1 unspecified atom stereocenters. The van der Waals surface area contributed by atoms with Crippen molar-refractivity contribution >= 4 is 23.1 Å². The van der Waals surface area contributed by atoms with Crippen LogP contribution in [-0.2, 0) is 0 Å². The fraction of sp³-hybridized carbons (Fsp3) is 0.333. The van der Waals surface area contributed by atoms with Crippen molar-refractivity contribution in [2.24, 2.45) is 0 Å². The molecule has 96 valence electrons. The average Bonchev–Trinajstić information content (AvgIpc) is 2.82. The molecule has 3 nitrogen and oxygen atoms in total. The average molecular weight is 283 g/mol. The number of aromatic nitrogens is 2. The third kappa shape index (κ3) is 3.07. The first-order valence-corrected chi connectivity index (χ1v) is 7.37. The number of rotatable bonds is 5. The molecule has 0 fully saturated rings. The molecule has 0 aliphatic heterocycles. The van der Waals surface area contributed by atoms with Gasteiger partial charge in [0.05, 0.1) is 0 Å². The second kappa shape index (κ2) is 6.26. The zero-order valence-electron chi connectivity index (χ0n) is 10.2. The molecule has 0 saturated heterocycles. The van der Waals surface area contributed by atoms with Crippen molar-refractivity contribution in [2.45, 2.75) is 29.1 Å². The fourth-order valence-electron chi connectivity index (χ4n) is 1.74. The lowest BCUT2D eigenvalue weighted by molar-refractivity contribution is 0.531. The van der Waals surface area contributed by atoms with Crippen molar-refractivity contribution in [1.82, 2.24) is 15.5 Å². The first-order valence-electron chi connectivity index (χ1n) is 5.68. The summed E-state index contributed by atoms with van der Waals surface area (Å²) in [6.45, 7) is 4.78. The molecule has 6 heteroatoms. The van der Waals surface area contributed by atoms with Gasteiger partial charge < -0.3 is 5.32 Å². The van der Waals surface area contributed by atoms with Gasteiger partial charge in [-0.05, 0) is 25.6 Å². The molecule has 1 aromatic heterocycles. The Kier molecular flexibility index (Phi) is 4.68. The van der Waals surface area contributed by atoms with E-state index in [0.29, 0.717) is 5.56 Å². The van der Waals surface area contributed by atoms with Crippen LogP contribution >= 0.6 is 23.1 Å². The maximum Gasteiger partial charge on any atom is 0.178 e. The predicted molar refractivity (Wildman–Crippen MR) is 72.5 cm³/mol. The number of benzene rings is 1. The summed E-state index contributed by atoms with van der Waals surface area (Å²) in [4.78, 5) is 0.889. The van der Waals surface area contributed by atoms with Crippen molar-refractivity contribution < 1.29 is 4.39 Å². The third-order valence-corrected chi connectivity index (χ3v) is 4.35. The summed E-state index contributed by atoms with van der Waals surface area (Å²) >= 11 is 2.91. The van der Waals surface area contributed by atoms with Gasteiger partial charge in [0.15, 0.2) is 4.34 Å². The Morgan fingerprint density at radius 2 is 2.33 bits per heavy atom. The minimum absolute atomic E-state index is 0.0216. The van der Waals surface area contributed by atoms with Crippen molar-refractivity contribution in [3.63, 3.8) is 0 Å². The molecule has 1 heterocycles. The number of hydrogen-bond acceptors (Lipinski definition) is 5. The van der Waals surface area contributed by atoms with Gasteiger partial charge >= 0.3 is 0 Å². The summed E-state index contributed by atoms with van der Waals surface area (Å²) in [6, 6.07) is 5.11. The lowest BCUT2D eigenvalue weighted by atomic mass is 10.1. The Morgan fingerprint density at radius 3 is 3.00 bits per heavy atom. The topological polar surface area (TPSA) is 37.8 Å². The van der Waals surface area contributed by atoms with E-state index in [1.807, 2.05) is 19.9 Å². The lowest BCUT2D eigenvalue weighted by Gasteiger charge is -2.17. The summed E-state index contributed by atoms with van der Waals surface area (Å²) in [5.74, 6) is -0.182. The summed E-state index contributed by atoms with van der Waals surface area (Å²) in [7, 11) is 0. The van der Waals surface area contributed by atoms with Crippen LogP contribution in [-0.4, -0.2) is 16.7 Å². The Bertz CT molecular complexity index is 502. The van der Waals surface area contributed by atoms with E-state index in [4.69, 9.17) is 0 Å². The highest BCUT2D eigenvalue weighted by molar-refractivity contribution is 8.01. The molecule has 0 aliphatic rings. The van der Waals surface area contributed by atoms with E-state index in [0.717, 1.165) is 15.8 Å². The standard InChI is InChI=1S/C12H14FN3S2/c1-3-14-8(2)11-9(13)5-4-6-10(11)18-12-16-15-7-17-12/h4-8,14H,3H2,1-2H3. The highest BCUT2D eigenvalue weighted by atomic mass is 32.2. The van der Waals surface area contributed by atoms with Gasteiger partial charge in [0, 0.05) is 16.5 Å². The Labute approximate surface area is 114 Å². The maximum atomic E-state index is 14.0. The molecule has 1 atom stereocenters. The predicted octanol–water partition coefficient (Wildman–Crippen LogP) is 3.50. The Balaban J connectivity index is 2.31. The second-order valence-corrected chi connectivity index (χ2v) is 5.86. The normalized spacial score (nSPS) is 12.6. The minimum Gasteiger partial charge on any atom is -0.310 e. The van der Waals surface area contributed by atoms with E-state index in [9.17, 15) is 4.39 Å². The van der Waals surface area contributed by atoms with E-state index in [1.165, 1.54) is 29.2 Å². The van der Waals surface area contributed by atoms with Crippen LogP contribution in [0.4, 0.5) is 4.39 Å². The van der Waals surface area contributed by atoms with Gasteiger partial charge in [-0.25, -0.2) is 4.39 Å². The molecule has 2 aromatic rings. The first kappa shape index (κ1) is 13.5. The number of nitrogens with one attached hydrogen (secondary N) is 1. The smallest absolute Gasteiger partial charge is 0.178 e. The summed E-state index contributed by atoms with van der Waals surface area (Å²) < 4.78 is 14.8. The molecule has 0 radical (unpaired) electrons. The summed E-state index contributed by atoms with van der Waals surface area (Å²) in [5, 5.41) is 11.0. The quantitative estimate of drug-likeness (QED) is 0.911. The molecule has 0 aliphatic carbocycles. The monoisotopic (exact) mass is 283 g/mol. The number of nitrogens with zero attached hydrogens (tertiary/aromatic N) is 2. The van der Waals surface area contributed by atoms with Gasteiger partial charge in [-0.15, -0.1) is 10.2 Å². The van der Waals surface area contributed by atoms with Gasteiger partial charge in [-0.2, -0.15) is 0 Å². The van der Waals surface area contributed by atoms with Crippen LogP contribution in [0, 0.1) is 5.82 Å². The summed E-state index contributed by atoms with van der Waals surface area (Å²) in [5.41, 5.74) is 2.37. The fourth-order valence-corrected chi connectivity index (χ4v) is 3.41. The first-order chi connectivity index (χ1) is 8.72. The van der Waals surface area contributed by atoms with Crippen molar-refractivity contribution in [1.29, 1.82) is 0 Å². The molecular weight excluding hydrogens is 269 g/mol. The van der Waals surface area contributed by atoms with Crippen LogP contribution in [0.15, 0.2) is 32.9 Å². The van der Waals surface area contributed by atoms with Crippen LogP contribution in [0.5, 0.6) is 0 Å². The van der Waals surface area contributed by atoms with E-state index >= 15 is 0 Å². The van der Waals surface area contributed by atoms with Crippen molar-refractivity contribution in [2.75, 3.05) is 6.54 Å². The molecular formula is C12H14FN3S2. The molecule has 1 N–H and O–H groups in total. The zero-order valence-corrected chi connectivity index (χ0v) is 11.8. The van der Waals surface area contributed by atoms with E-state index in [-0.39, 0.29) is 11.9 Å². The van der Waals surface area contributed by atoms with Gasteiger partial charge in [-0.1, -0.05) is 36.1 Å². The minimum atomic E-state index is -0.182. The Hall–Kier alpha value is -0.980. The molecule has 0 bridgehead atoms. The highest BCUT2D eigenvalue weighted by Gasteiger charge is 2.16. The zero-order chi connectivity index (χ0) is 13.0. The molecule has 0 amide bonds. The van der Waals surface area contributed by atoms with Gasteiger partial charge in [0.25, 0.3) is 0 Å².